The summed E-state index contributed by atoms with van der Waals surface area (Å²) in [6.45, 7) is 7.09. The molecular formula is C35H41NO7. The van der Waals surface area contributed by atoms with Gasteiger partial charge >= 0.3 is 5.97 Å². The molecule has 0 radical (unpaired) electrons. The Hall–Kier alpha value is -4.01. The van der Waals surface area contributed by atoms with E-state index in [2.05, 4.69) is 42.2 Å². The highest BCUT2D eigenvalue weighted by Crippen LogP contribution is 2.40. The number of ether oxygens (including phenoxy) is 6. The highest BCUT2D eigenvalue weighted by molar-refractivity contribution is 5.99. The zero-order valence-electron chi connectivity index (χ0n) is 25.3. The van der Waals surface area contributed by atoms with Gasteiger partial charge in [-0.25, -0.2) is 0 Å². The van der Waals surface area contributed by atoms with Crippen molar-refractivity contribution in [1.82, 2.24) is 4.90 Å². The minimum atomic E-state index is -0.317. The lowest BCUT2D eigenvalue weighted by atomic mass is 9.88. The third-order valence-corrected chi connectivity index (χ3v) is 7.68. The Kier molecular flexibility index (Phi) is 10.6. The van der Waals surface area contributed by atoms with Gasteiger partial charge in [-0.05, 0) is 96.6 Å². The second-order valence-corrected chi connectivity index (χ2v) is 10.8. The number of nitrogens with zero attached hydrogens (tertiary/aromatic N) is 1. The smallest absolute Gasteiger partial charge is 0.303 e. The number of fused-ring (bicyclic) bond motifs is 1. The maximum absolute atomic E-state index is 11.8. The topological polar surface area (TPSA) is 75.7 Å². The predicted octanol–water partition coefficient (Wildman–Crippen LogP) is 6.56. The van der Waals surface area contributed by atoms with E-state index in [-0.39, 0.29) is 25.7 Å². The minimum absolute atomic E-state index is 0.192. The van der Waals surface area contributed by atoms with Crippen molar-refractivity contribution in [2.75, 3.05) is 46.9 Å². The van der Waals surface area contributed by atoms with Crippen molar-refractivity contribution in [2.24, 2.45) is 0 Å². The molecule has 2 heterocycles. The average molecular weight is 588 g/mol. The van der Waals surface area contributed by atoms with Gasteiger partial charge in [-0.15, -0.1) is 0 Å². The van der Waals surface area contributed by atoms with Crippen LogP contribution in [-0.4, -0.2) is 63.9 Å². The minimum Gasteiger partial charge on any atom is -0.490 e. The van der Waals surface area contributed by atoms with Crippen molar-refractivity contribution < 1.29 is 33.2 Å². The molecule has 0 amide bonds. The lowest BCUT2D eigenvalue weighted by Gasteiger charge is -2.30. The maximum atomic E-state index is 11.8. The monoisotopic (exact) mass is 587 g/mol. The lowest BCUT2D eigenvalue weighted by Crippen LogP contribution is -2.40. The molecule has 43 heavy (non-hydrogen) atoms. The Balaban J connectivity index is 1.41. The number of allylic oxidation sites excluding steroid dienone is 1. The molecule has 0 bridgehead atoms. The zero-order chi connectivity index (χ0) is 30.0. The number of hydrogen-bond donors (Lipinski definition) is 0. The van der Waals surface area contributed by atoms with Crippen LogP contribution in [0.5, 0.6) is 23.0 Å². The molecule has 2 aliphatic heterocycles. The predicted molar refractivity (Wildman–Crippen MR) is 165 cm³/mol. The summed E-state index contributed by atoms with van der Waals surface area (Å²) < 4.78 is 33.7. The number of esters is 1. The fraction of sp³-hybridized carbons (Fsp3) is 0.400. The number of benzene rings is 3. The van der Waals surface area contributed by atoms with E-state index < -0.39 is 0 Å². The number of carbonyl (C=O) groups excluding carboxylic acids is 1. The molecule has 3 aromatic rings. The molecule has 1 atom stereocenters. The van der Waals surface area contributed by atoms with Crippen LogP contribution < -0.4 is 18.9 Å². The molecule has 1 unspecified atom stereocenters. The van der Waals surface area contributed by atoms with Gasteiger partial charge in [0.25, 0.3) is 0 Å². The summed E-state index contributed by atoms with van der Waals surface area (Å²) in [5, 5.41) is 0. The molecule has 0 aliphatic carbocycles. The van der Waals surface area contributed by atoms with E-state index >= 15 is 0 Å². The number of piperidine rings is 1. The zero-order valence-corrected chi connectivity index (χ0v) is 25.3. The van der Waals surface area contributed by atoms with E-state index in [0.717, 1.165) is 64.8 Å². The Morgan fingerprint density at radius 3 is 2.09 bits per heavy atom. The van der Waals surface area contributed by atoms with E-state index in [1.165, 1.54) is 31.8 Å². The molecule has 8 heteroatoms. The molecule has 0 spiro atoms. The van der Waals surface area contributed by atoms with Crippen LogP contribution in [-0.2, 0) is 14.3 Å². The molecule has 0 saturated carbocycles. The number of methoxy groups -OCH3 is 1. The number of carbonyl (C=O) groups is 1. The highest BCUT2D eigenvalue weighted by atomic mass is 16.7. The van der Waals surface area contributed by atoms with Gasteiger partial charge in [0.1, 0.15) is 24.2 Å². The number of rotatable bonds is 13. The first-order valence-electron chi connectivity index (χ1n) is 15.0. The first kappa shape index (κ1) is 30.4. The van der Waals surface area contributed by atoms with E-state index in [0.29, 0.717) is 13.2 Å². The van der Waals surface area contributed by atoms with Crippen LogP contribution in [0, 0.1) is 0 Å². The molecule has 0 N–H and O–H groups in total. The summed E-state index contributed by atoms with van der Waals surface area (Å²) >= 11 is 0. The fourth-order valence-electron chi connectivity index (χ4n) is 5.67. The largest absolute Gasteiger partial charge is 0.490 e. The quantitative estimate of drug-likeness (QED) is 0.126. The van der Waals surface area contributed by atoms with Gasteiger partial charge in [-0.1, -0.05) is 43.7 Å². The third kappa shape index (κ3) is 8.09. The molecule has 5 rings (SSSR count). The van der Waals surface area contributed by atoms with Gasteiger partial charge in [0, 0.05) is 20.6 Å². The van der Waals surface area contributed by atoms with Crippen molar-refractivity contribution in [3.8, 4) is 23.0 Å². The second-order valence-electron chi connectivity index (χ2n) is 10.8. The Morgan fingerprint density at radius 2 is 1.47 bits per heavy atom. The van der Waals surface area contributed by atoms with Crippen LogP contribution in [0.15, 0.2) is 66.7 Å². The molecular weight excluding hydrogens is 546 g/mol. The van der Waals surface area contributed by atoms with Gasteiger partial charge in [0.05, 0.1) is 0 Å². The standard InChI is InChI=1S/C35H41NO7/c1-4-32(28-12-17-33-34(20-28)42-24-41-33)35(27-10-15-30(16-11-27)40-23-38-3)26-8-13-29(14-9-26)39-22-31(43-25(2)37)21-36-18-6-5-7-19-36/h8-17,20,31H,4-7,18-19,21-24H2,1-3H3. The van der Waals surface area contributed by atoms with Gasteiger partial charge in [-0.2, -0.15) is 0 Å². The van der Waals surface area contributed by atoms with Gasteiger partial charge in [0.2, 0.25) is 6.79 Å². The lowest BCUT2D eigenvalue weighted by molar-refractivity contribution is -0.149. The van der Waals surface area contributed by atoms with E-state index in [9.17, 15) is 4.79 Å². The number of hydrogen-bond acceptors (Lipinski definition) is 8. The van der Waals surface area contributed by atoms with Gasteiger partial charge in [0.15, 0.2) is 18.3 Å². The van der Waals surface area contributed by atoms with Crippen LogP contribution >= 0.6 is 0 Å². The molecule has 8 nitrogen and oxygen atoms in total. The van der Waals surface area contributed by atoms with Crippen molar-refractivity contribution in [2.45, 2.75) is 45.6 Å². The van der Waals surface area contributed by atoms with E-state index in [1.54, 1.807) is 7.11 Å². The first-order valence-corrected chi connectivity index (χ1v) is 15.0. The summed E-state index contributed by atoms with van der Waals surface area (Å²) in [4.78, 5) is 14.1. The Bertz CT molecular complexity index is 1380. The summed E-state index contributed by atoms with van der Waals surface area (Å²) in [5.74, 6) is 2.69. The molecule has 1 saturated heterocycles. The highest BCUT2D eigenvalue weighted by Gasteiger charge is 2.21. The third-order valence-electron chi connectivity index (χ3n) is 7.68. The van der Waals surface area contributed by atoms with Crippen LogP contribution in [0.25, 0.3) is 11.1 Å². The molecule has 2 aliphatic rings. The fourth-order valence-corrected chi connectivity index (χ4v) is 5.67. The van der Waals surface area contributed by atoms with Crippen molar-refractivity contribution in [1.29, 1.82) is 0 Å². The van der Waals surface area contributed by atoms with Crippen molar-refractivity contribution >= 4 is 17.1 Å². The van der Waals surface area contributed by atoms with Gasteiger partial charge in [-0.3, -0.25) is 9.69 Å². The van der Waals surface area contributed by atoms with Crippen molar-refractivity contribution in [3.63, 3.8) is 0 Å². The Morgan fingerprint density at radius 1 is 0.837 bits per heavy atom. The number of likely N-dealkylation sites (tertiary alicyclic amines) is 1. The summed E-state index contributed by atoms with van der Waals surface area (Å²) in [7, 11) is 1.60. The van der Waals surface area contributed by atoms with Crippen molar-refractivity contribution in [3.05, 3.63) is 83.4 Å². The second kappa shape index (κ2) is 14.9. The SMILES string of the molecule is CCC(=C(c1ccc(OCOC)cc1)c1ccc(OCC(CN2CCCCC2)OC(C)=O)cc1)c1ccc2c(c1)OCO2. The first-order chi connectivity index (χ1) is 21.0. The maximum Gasteiger partial charge on any atom is 0.303 e. The van der Waals surface area contributed by atoms with Crippen LogP contribution in [0.1, 0.15) is 56.2 Å². The van der Waals surface area contributed by atoms with E-state index in [4.69, 9.17) is 28.4 Å². The van der Waals surface area contributed by atoms with Crippen LogP contribution in [0.3, 0.4) is 0 Å². The van der Waals surface area contributed by atoms with Crippen LogP contribution in [0.4, 0.5) is 0 Å². The average Bonchev–Trinajstić information content (AvgIpc) is 3.51. The molecule has 228 valence electrons. The van der Waals surface area contributed by atoms with E-state index in [1.807, 2.05) is 36.4 Å². The molecule has 3 aromatic carbocycles. The summed E-state index contributed by atoms with van der Waals surface area (Å²) in [5.41, 5.74) is 5.47. The molecule has 1 fully saturated rings. The molecule has 0 aromatic heterocycles. The normalized spacial score (nSPS) is 15.9. The summed E-state index contributed by atoms with van der Waals surface area (Å²) in [6, 6.07) is 22.2. The Labute approximate surface area is 254 Å². The van der Waals surface area contributed by atoms with Crippen LogP contribution in [0.2, 0.25) is 0 Å². The van der Waals surface area contributed by atoms with Gasteiger partial charge < -0.3 is 28.4 Å². The summed E-state index contributed by atoms with van der Waals surface area (Å²) in [6.07, 6.45) is 4.10.